The minimum atomic E-state index is -0.504. The lowest BCUT2D eigenvalue weighted by Gasteiger charge is -2.19. The van der Waals surface area contributed by atoms with Crippen LogP contribution in [0.2, 0.25) is 0 Å². The number of fused-ring (bicyclic) bond motifs is 1. The fourth-order valence-corrected chi connectivity index (χ4v) is 3.69. The standard InChI is InChI=1S/C26H25N3O3/c1-2-32-25(30)17-23(18-10-4-3-5-11-18)29-26(31)28-22-15-9-7-13-20(22)24-16-19-12-6-8-14-21(19)27-24/h3-16,23,27H,2,17H2,1H3,(H2,28,29,31)/t23-/m0/s1. The van der Waals surface area contributed by atoms with Gasteiger partial charge in [-0.15, -0.1) is 0 Å². The third-order valence-corrected chi connectivity index (χ3v) is 5.18. The summed E-state index contributed by atoms with van der Waals surface area (Å²) >= 11 is 0. The van der Waals surface area contributed by atoms with Crippen LogP contribution in [0.4, 0.5) is 10.5 Å². The summed E-state index contributed by atoms with van der Waals surface area (Å²) in [6, 6.07) is 26.2. The molecule has 0 saturated heterocycles. The molecule has 162 valence electrons. The Labute approximate surface area is 186 Å². The predicted octanol–water partition coefficient (Wildman–Crippen LogP) is 5.65. The van der Waals surface area contributed by atoms with Crippen LogP contribution in [0.15, 0.2) is 84.9 Å². The van der Waals surface area contributed by atoms with Crippen molar-refractivity contribution in [2.24, 2.45) is 0 Å². The number of hydrogen-bond donors (Lipinski definition) is 3. The third-order valence-electron chi connectivity index (χ3n) is 5.18. The van der Waals surface area contributed by atoms with Crippen molar-refractivity contribution in [3.8, 4) is 11.3 Å². The summed E-state index contributed by atoms with van der Waals surface area (Å²) in [6.07, 6.45) is 0.0505. The summed E-state index contributed by atoms with van der Waals surface area (Å²) in [5.41, 5.74) is 4.31. The minimum Gasteiger partial charge on any atom is -0.466 e. The van der Waals surface area contributed by atoms with E-state index in [1.165, 1.54) is 0 Å². The molecule has 6 nitrogen and oxygen atoms in total. The molecule has 1 aromatic heterocycles. The summed E-state index contributed by atoms with van der Waals surface area (Å²) < 4.78 is 5.08. The van der Waals surface area contributed by atoms with E-state index in [1.807, 2.05) is 78.9 Å². The number of nitrogens with one attached hydrogen (secondary N) is 3. The van der Waals surface area contributed by atoms with Crippen molar-refractivity contribution < 1.29 is 14.3 Å². The van der Waals surface area contributed by atoms with E-state index in [4.69, 9.17) is 4.74 Å². The highest BCUT2D eigenvalue weighted by Gasteiger charge is 2.20. The molecule has 0 aliphatic heterocycles. The summed E-state index contributed by atoms with van der Waals surface area (Å²) in [5.74, 6) is -0.361. The van der Waals surface area contributed by atoms with Crippen LogP contribution >= 0.6 is 0 Å². The van der Waals surface area contributed by atoms with Crippen molar-refractivity contribution in [1.29, 1.82) is 0 Å². The van der Waals surface area contributed by atoms with E-state index >= 15 is 0 Å². The fourth-order valence-electron chi connectivity index (χ4n) is 3.69. The number of rotatable bonds is 7. The zero-order chi connectivity index (χ0) is 22.3. The van der Waals surface area contributed by atoms with E-state index in [9.17, 15) is 9.59 Å². The van der Waals surface area contributed by atoms with Gasteiger partial charge in [0.05, 0.1) is 24.8 Å². The van der Waals surface area contributed by atoms with Gasteiger partial charge in [-0.05, 0) is 30.7 Å². The van der Waals surface area contributed by atoms with E-state index in [0.29, 0.717) is 12.3 Å². The topological polar surface area (TPSA) is 83.2 Å². The van der Waals surface area contributed by atoms with Gasteiger partial charge in [0.25, 0.3) is 0 Å². The Bertz CT molecular complexity index is 1180. The van der Waals surface area contributed by atoms with Crippen molar-refractivity contribution in [1.82, 2.24) is 10.3 Å². The Morgan fingerprint density at radius 3 is 2.44 bits per heavy atom. The molecule has 0 aliphatic rings. The number of ether oxygens (including phenoxy) is 1. The first-order valence-electron chi connectivity index (χ1n) is 10.6. The number of esters is 1. The molecule has 0 spiro atoms. The Kier molecular flexibility index (Phi) is 6.51. The van der Waals surface area contributed by atoms with Gasteiger partial charge in [0.15, 0.2) is 0 Å². The maximum atomic E-state index is 12.9. The number of carbonyl (C=O) groups is 2. The van der Waals surface area contributed by atoms with Crippen molar-refractivity contribution in [2.45, 2.75) is 19.4 Å². The number of aromatic nitrogens is 1. The number of anilines is 1. The number of benzene rings is 3. The molecule has 3 aromatic carbocycles. The monoisotopic (exact) mass is 427 g/mol. The smallest absolute Gasteiger partial charge is 0.319 e. The van der Waals surface area contributed by atoms with Crippen LogP contribution < -0.4 is 10.6 Å². The molecule has 32 heavy (non-hydrogen) atoms. The maximum absolute atomic E-state index is 12.9. The summed E-state index contributed by atoms with van der Waals surface area (Å²) in [4.78, 5) is 28.4. The molecule has 0 unspecified atom stereocenters. The molecule has 0 saturated carbocycles. The molecule has 4 aromatic rings. The Morgan fingerprint density at radius 1 is 0.938 bits per heavy atom. The van der Waals surface area contributed by atoms with E-state index < -0.39 is 12.1 Å². The Morgan fingerprint density at radius 2 is 1.66 bits per heavy atom. The number of para-hydroxylation sites is 2. The SMILES string of the molecule is CCOC(=O)C[C@H](NC(=O)Nc1ccccc1-c1cc2ccccc2[nH]1)c1ccccc1. The number of urea groups is 1. The predicted molar refractivity (Wildman–Crippen MR) is 126 cm³/mol. The van der Waals surface area contributed by atoms with Gasteiger partial charge in [-0.3, -0.25) is 4.79 Å². The molecule has 2 amide bonds. The summed E-state index contributed by atoms with van der Waals surface area (Å²) in [6.45, 7) is 2.06. The van der Waals surface area contributed by atoms with Gasteiger partial charge in [0.2, 0.25) is 0 Å². The first-order chi connectivity index (χ1) is 15.6. The molecule has 0 bridgehead atoms. The lowest BCUT2D eigenvalue weighted by Crippen LogP contribution is -2.34. The lowest BCUT2D eigenvalue weighted by molar-refractivity contribution is -0.143. The van der Waals surface area contributed by atoms with Crippen LogP contribution in [-0.2, 0) is 9.53 Å². The van der Waals surface area contributed by atoms with Gasteiger partial charge >= 0.3 is 12.0 Å². The molecule has 0 fully saturated rings. The maximum Gasteiger partial charge on any atom is 0.319 e. The second-order valence-electron chi connectivity index (χ2n) is 7.39. The number of carbonyl (C=O) groups excluding carboxylic acids is 2. The van der Waals surface area contributed by atoms with Crippen molar-refractivity contribution >= 4 is 28.6 Å². The van der Waals surface area contributed by atoms with Crippen LogP contribution in [0.5, 0.6) is 0 Å². The van der Waals surface area contributed by atoms with Crippen LogP contribution in [0.25, 0.3) is 22.2 Å². The average Bonchev–Trinajstić information content (AvgIpc) is 3.24. The first-order valence-corrected chi connectivity index (χ1v) is 10.6. The zero-order valence-corrected chi connectivity index (χ0v) is 17.8. The van der Waals surface area contributed by atoms with Crippen molar-refractivity contribution in [3.05, 3.63) is 90.5 Å². The molecular formula is C26H25N3O3. The summed E-state index contributed by atoms with van der Waals surface area (Å²) in [7, 11) is 0. The second kappa shape index (κ2) is 9.83. The number of H-pyrrole nitrogens is 1. The van der Waals surface area contributed by atoms with Crippen LogP contribution in [0.3, 0.4) is 0 Å². The van der Waals surface area contributed by atoms with E-state index in [1.54, 1.807) is 6.92 Å². The second-order valence-corrected chi connectivity index (χ2v) is 7.39. The molecule has 3 N–H and O–H groups in total. The van der Waals surface area contributed by atoms with Crippen molar-refractivity contribution in [2.75, 3.05) is 11.9 Å². The normalized spacial score (nSPS) is 11.7. The highest BCUT2D eigenvalue weighted by atomic mass is 16.5. The van der Waals surface area contributed by atoms with Gasteiger partial charge < -0.3 is 20.4 Å². The van der Waals surface area contributed by atoms with E-state index in [2.05, 4.69) is 21.7 Å². The molecule has 0 radical (unpaired) electrons. The third kappa shape index (κ3) is 4.98. The van der Waals surface area contributed by atoms with Gasteiger partial charge in [-0.1, -0.05) is 66.7 Å². The molecule has 1 heterocycles. The molecule has 1 atom stereocenters. The Hall–Kier alpha value is -4.06. The molecule has 0 aliphatic carbocycles. The lowest BCUT2D eigenvalue weighted by atomic mass is 10.0. The van der Waals surface area contributed by atoms with Gasteiger partial charge in [0, 0.05) is 22.2 Å². The van der Waals surface area contributed by atoms with E-state index in [0.717, 1.165) is 27.7 Å². The molecule has 4 rings (SSSR count). The zero-order valence-electron chi connectivity index (χ0n) is 17.8. The molecular weight excluding hydrogens is 402 g/mol. The Balaban J connectivity index is 1.54. The minimum absolute atomic E-state index is 0.0505. The highest BCUT2D eigenvalue weighted by Crippen LogP contribution is 2.30. The van der Waals surface area contributed by atoms with Crippen LogP contribution in [0.1, 0.15) is 24.9 Å². The van der Waals surface area contributed by atoms with E-state index in [-0.39, 0.29) is 12.4 Å². The van der Waals surface area contributed by atoms with Gasteiger partial charge in [-0.25, -0.2) is 4.79 Å². The summed E-state index contributed by atoms with van der Waals surface area (Å²) in [5, 5.41) is 6.95. The highest BCUT2D eigenvalue weighted by molar-refractivity contribution is 5.96. The molecule has 6 heteroatoms. The van der Waals surface area contributed by atoms with Crippen molar-refractivity contribution in [3.63, 3.8) is 0 Å². The number of amides is 2. The quantitative estimate of drug-likeness (QED) is 0.333. The van der Waals surface area contributed by atoms with Gasteiger partial charge in [0.1, 0.15) is 0 Å². The number of hydrogen-bond acceptors (Lipinski definition) is 3. The largest absolute Gasteiger partial charge is 0.466 e. The van der Waals surface area contributed by atoms with Gasteiger partial charge in [-0.2, -0.15) is 0 Å². The first kappa shape index (κ1) is 21.2. The van der Waals surface area contributed by atoms with Crippen LogP contribution in [0, 0.1) is 0 Å². The fraction of sp³-hybridized carbons (Fsp3) is 0.154. The average molecular weight is 428 g/mol. The number of aromatic amines is 1. The van der Waals surface area contributed by atoms with Crippen LogP contribution in [-0.4, -0.2) is 23.6 Å².